The average Bonchev–Trinajstić information content (AvgIpc) is 2.53. The molecule has 122 valence electrons. The molecule has 0 aromatic heterocycles. The Morgan fingerprint density at radius 3 is 2.43 bits per heavy atom. The van der Waals surface area contributed by atoms with Crippen LogP contribution in [-0.4, -0.2) is 19.0 Å². The van der Waals surface area contributed by atoms with Crippen molar-refractivity contribution in [2.45, 2.75) is 12.8 Å². The molecule has 6 heteroatoms. The van der Waals surface area contributed by atoms with Crippen molar-refractivity contribution in [3.8, 4) is 0 Å². The molecule has 0 atom stereocenters. The highest BCUT2D eigenvalue weighted by molar-refractivity contribution is 6.42. The van der Waals surface area contributed by atoms with Crippen LogP contribution in [0, 0.1) is 5.82 Å². The predicted molar refractivity (Wildman–Crippen MR) is 92.7 cm³/mol. The summed E-state index contributed by atoms with van der Waals surface area (Å²) >= 11 is 11.8. The molecule has 1 amide bonds. The quantitative estimate of drug-likeness (QED) is 0.778. The van der Waals surface area contributed by atoms with Crippen LogP contribution in [0.2, 0.25) is 10.0 Å². The molecule has 2 aromatic rings. The lowest BCUT2D eigenvalue weighted by Gasteiger charge is -2.08. The Kier molecular flexibility index (Phi) is 6.68. The lowest BCUT2D eigenvalue weighted by atomic mass is 10.1. The van der Waals surface area contributed by atoms with Gasteiger partial charge in [-0.05, 0) is 42.3 Å². The summed E-state index contributed by atoms with van der Waals surface area (Å²) in [7, 11) is 0. The Labute approximate surface area is 144 Å². The predicted octanol–water partition coefficient (Wildman–Crippen LogP) is 4.29. The second-order valence-electron chi connectivity index (χ2n) is 5.03. The van der Waals surface area contributed by atoms with E-state index in [0.29, 0.717) is 36.0 Å². The van der Waals surface area contributed by atoms with E-state index in [9.17, 15) is 9.18 Å². The van der Waals surface area contributed by atoms with Gasteiger partial charge in [0.15, 0.2) is 0 Å². The third-order valence-electron chi connectivity index (χ3n) is 3.25. The van der Waals surface area contributed by atoms with Crippen LogP contribution >= 0.6 is 23.2 Å². The molecule has 2 aromatic carbocycles. The number of carbonyl (C=O) groups excluding carboxylic acids is 1. The molecule has 0 aliphatic rings. The fraction of sp³-hybridized carbons (Fsp3) is 0.235. The Balaban J connectivity index is 1.65. The Morgan fingerprint density at radius 1 is 1.00 bits per heavy atom. The molecule has 0 heterocycles. The summed E-state index contributed by atoms with van der Waals surface area (Å²) in [5.74, 6) is -0.300. The molecule has 0 radical (unpaired) electrons. The van der Waals surface area contributed by atoms with E-state index in [1.165, 1.54) is 12.1 Å². The number of halogens is 3. The van der Waals surface area contributed by atoms with E-state index in [4.69, 9.17) is 23.2 Å². The second-order valence-corrected chi connectivity index (χ2v) is 5.85. The number of carbonyl (C=O) groups is 1. The summed E-state index contributed by atoms with van der Waals surface area (Å²) in [4.78, 5) is 11.7. The standard InChI is InChI=1S/C17H17Cl2FN2O/c18-15-6-5-14(11-16(15)19)21-10-8-17(23)22-9-7-12-1-3-13(20)4-2-12/h1-6,11,21H,7-10H2,(H,22,23). The van der Waals surface area contributed by atoms with Crippen molar-refractivity contribution in [3.05, 3.63) is 63.9 Å². The zero-order chi connectivity index (χ0) is 16.7. The van der Waals surface area contributed by atoms with E-state index in [1.54, 1.807) is 30.3 Å². The van der Waals surface area contributed by atoms with E-state index in [1.807, 2.05) is 0 Å². The van der Waals surface area contributed by atoms with Crippen LogP contribution in [0.4, 0.5) is 10.1 Å². The third kappa shape index (κ3) is 6.08. The van der Waals surface area contributed by atoms with Crippen LogP contribution in [0.1, 0.15) is 12.0 Å². The van der Waals surface area contributed by atoms with Crippen molar-refractivity contribution in [3.63, 3.8) is 0 Å². The monoisotopic (exact) mass is 354 g/mol. The summed E-state index contributed by atoms with van der Waals surface area (Å²) in [5.41, 5.74) is 1.80. The van der Waals surface area contributed by atoms with Crippen molar-refractivity contribution in [2.24, 2.45) is 0 Å². The van der Waals surface area contributed by atoms with Crippen LogP contribution < -0.4 is 10.6 Å². The van der Waals surface area contributed by atoms with Gasteiger partial charge in [-0.15, -0.1) is 0 Å². The first-order valence-corrected chi connectivity index (χ1v) is 8.00. The van der Waals surface area contributed by atoms with Crippen LogP contribution in [0.25, 0.3) is 0 Å². The van der Waals surface area contributed by atoms with Crippen molar-refractivity contribution in [1.29, 1.82) is 0 Å². The first-order valence-electron chi connectivity index (χ1n) is 7.24. The summed E-state index contributed by atoms with van der Waals surface area (Å²) in [6, 6.07) is 11.5. The Morgan fingerprint density at radius 2 is 1.74 bits per heavy atom. The fourth-order valence-corrected chi connectivity index (χ4v) is 2.31. The van der Waals surface area contributed by atoms with Gasteiger partial charge in [-0.2, -0.15) is 0 Å². The molecule has 23 heavy (non-hydrogen) atoms. The minimum Gasteiger partial charge on any atom is -0.384 e. The van der Waals surface area contributed by atoms with Gasteiger partial charge in [0.1, 0.15) is 5.82 Å². The maximum Gasteiger partial charge on any atom is 0.221 e. The molecule has 0 aliphatic heterocycles. The number of nitrogens with one attached hydrogen (secondary N) is 2. The lowest BCUT2D eigenvalue weighted by Crippen LogP contribution is -2.27. The van der Waals surface area contributed by atoms with Gasteiger partial charge in [-0.3, -0.25) is 4.79 Å². The molecule has 0 bridgehead atoms. The second kappa shape index (κ2) is 8.75. The minimum absolute atomic E-state index is 0.0420. The molecular formula is C17H17Cl2FN2O. The van der Waals surface area contributed by atoms with E-state index < -0.39 is 0 Å². The van der Waals surface area contributed by atoms with Gasteiger partial charge in [-0.25, -0.2) is 4.39 Å². The van der Waals surface area contributed by atoms with E-state index >= 15 is 0 Å². The molecular weight excluding hydrogens is 338 g/mol. The van der Waals surface area contributed by atoms with Crippen LogP contribution in [0.5, 0.6) is 0 Å². The van der Waals surface area contributed by atoms with Crippen LogP contribution in [0.3, 0.4) is 0 Å². The van der Waals surface area contributed by atoms with Gasteiger partial charge < -0.3 is 10.6 Å². The number of hydrogen-bond donors (Lipinski definition) is 2. The van der Waals surface area contributed by atoms with Crippen molar-refractivity contribution >= 4 is 34.8 Å². The molecule has 0 saturated carbocycles. The highest BCUT2D eigenvalue weighted by atomic mass is 35.5. The number of hydrogen-bond acceptors (Lipinski definition) is 2. The highest BCUT2D eigenvalue weighted by Crippen LogP contribution is 2.24. The molecule has 2 N–H and O–H groups in total. The molecule has 2 rings (SSSR count). The summed E-state index contributed by atoms with van der Waals surface area (Å²) in [6.07, 6.45) is 1.02. The van der Waals surface area contributed by atoms with E-state index in [-0.39, 0.29) is 11.7 Å². The van der Waals surface area contributed by atoms with Crippen molar-refractivity contribution in [2.75, 3.05) is 18.4 Å². The van der Waals surface area contributed by atoms with Gasteiger partial charge in [0.05, 0.1) is 10.0 Å². The van der Waals surface area contributed by atoms with Crippen LogP contribution in [0.15, 0.2) is 42.5 Å². The maximum atomic E-state index is 12.8. The zero-order valence-corrected chi connectivity index (χ0v) is 13.9. The van der Waals surface area contributed by atoms with Gasteiger partial charge >= 0.3 is 0 Å². The number of anilines is 1. The van der Waals surface area contributed by atoms with Gasteiger partial charge in [-0.1, -0.05) is 35.3 Å². The lowest BCUT2D eigenvalue weighted by molar-refractivity contribution is -0.120. The molecule has 0 unspecified atom stereocenters. The fourth-order valence-electron chi connectivity index (χ4n) is 2.01. The molecule has 0 aliphatic carbocycles. The largest absolute Gasteiger partial charge is 0.384 e. The topological polar surface area (TPSA) is 41.1 Å². The smallest absolute Gasteiger partial charge is 0.221 e. The number of amides is 1. The van der Waals surface area contributed by atoms with Gasteiger partial charge in [0, 0.05) is 25.2 Å². The third-order valence-corrected chi connectivity index (χ3v) is 3.99. The number of rotatable bonds is 7. The van der Waals surface area contributed by atoms with Crippen LogP contribution in [-0.2, 0) is 11.2 Å². The van der Waals surface area contributed by atoms with E-state index in [2.05, 4.69) is 10.6 Å². The van der Waals surface area contributed by atoms with Crippen molar-refractivity contribution in [1.82, 2.24) is 5.32 Å². The first kappa shape index (κ1) is 17.6. The summed E-state index contributed by atoms with van der Waals surface area (Å²) in [5, 5.41) is 6.91. The normalized spacial score (nSPS) is 10.4. The summed E-state index contributed by atoms with van der Waals surface area (Å²) < 4.78 is 12.8. The number of benzene rings is 2. The SMILES string of the molecule is O=C(CCNc1ccc(Cl)c(Cl)c1)NCCc1ccc(F)cc1. The van der Waals surface area contributed by atoms with Gasteiger partial charge in [0.25, 0.3) is 0 Å². The molecule has 0 fully saturated rings. The molecule has 0 spiro atoms. The Hall–Kier alpha value is -1.78. The minimum atomic E-state index is -0.258. The molecule has 0 saturated heterocycles. The molecule has 3 nitrogen and oxygen atoms in total. The zero-order valence-electron chi connectivity index (χ0n) is 12.4. The van der Waals surface area contributed by atoms with Crippen molar-refractivity contribution < 1.29 is 9.18 Å². The van der Waals surface area contributed by atoms with Gasteiger partial charge in [0.2, 0.25) is 5.91 Å². The Bertz CT molecular complexity index is 662. The summed E-state index contributed by atoms with van der Waals surface area (Å²) in [6.45, 7) is 1.03. The maximum absolute atomic E-state index is 12.8. The van der Waals surface area contributed by atoms with E-state index in [0.717, 1.165) is 11.3 Å². The first-order chi connectivity index (χ1) is 11.0. The highest BCUT2D eigenvalue weighted by Gasteiger charge is 2.03. The average molecular weight is 355 g/mol.